The first-order valence-electron chi connectivity index (χ1n) is 5.35. The molecule has 0 aliphatic carbocycles. The van der Waals surface area contributed by atoms with E-state index in [9.17, 15) is 0 Å². The van der Waals surface area contributed by atoms with Gasteiger partial charge in [0.2, 0.25) is 0 Å². The van der Waals surface area contributed by atoms with Gasteiger partial charge in [-0.05, 0) is 19.4 Å². The number of hydrogen-bond acceptors (Lipinski definition) is 3. The van der Waals surface area contributed by atoms with Crippen LogP contribution in [0.5, 0.6) is 0 Å². The lowest BCUT2D eigenvalue weighted by atomic mass is 10.1. The summed E-state index contributed by atoms with van der Waals surface area (Å²) < 4.78 is 1.85. The zero-order valence-corrected chi connectivity index (χ0v) is 9.59. The van der Waals surface area contributed by atoms with Crippen LogP contribution in [-0.2, 0) is 6.54 Å². The predicted octanol–water partition coefficient (Wildman–Crippen LogP) is 1.59. The number of benzene rings is 1. The molecule has 0 radical (unpaired) electrons. The molecule has 2 aromatic rings. The second-order valence-electron chi connectivity index (χ2n) is 3.91. The molecule has 1 aromatic carbocycles. The van der Waals surface area contributed by atoms with Crippen LogP contribution in [0, 0.1) is 13.8 Å². The fourth-order valence-electron chi connectivity index (χ4n) is 1.73. The second-order valence-corrected chi connectivity index (χ2v) is 3.91. The van der Waals surface area contributed by atoms with Gasteiger partial charge < -0.3 is 5.73 Å². The summed E-state index contributed by atoms with van der Waals surface area (Å²) in [6, 6.07) is 10.00. The molecular weight excluding hydrogens is 200 g/mol. The molecule has 1 aromatic heterocycles. The van der Waals surface area contributed by atoms with Gasteiger partial charge in [0.05, 0.1) is 6.54 Å². The van der Waals surface area contributed by atoms with Gasteiger partial charge in [-0.25, -0.2) is 9.67 Å². The van der Waals surface area contributed by atoms with E-state index in [1.165, 1.54) is 0 Å². The Morgan fingerprint density at radius 3 is 2.50 bits per heavy atom. The number of aryl methyl sites for hydroxylation is 2. The number of hydrogen-bond donors (Lipinski definition) is 1. The van der Waals surface area contributed by atoms with Crippen molar-refractivity contribution in [2.45, 2.75) is 26.4 Å². The smallest absolute Gasteiger partial charge is 0.147 e. The Bertz CT molecular complexity index is 461. The van der Waals surface area contributed by atoms with Crippen LogP contribution < -0.4 is 5.73 Å². The van der Waals surface area contributed by atoms with E-state index in [0.717, 1.165) is 17.2 Å². The molecule has 84 valence electrons. The Labute approximate surface area is 95.1 Å². The van der Waals surface area contributed by atoms with Gasteiger partial charge in [-0.15, -0.1) is 0 Å². The topological polar surface area (TPSA) is 56.7 Å². The van der Waals surface area contributed by atoms with Gasteiger partial charge in [0.15, 0.2) is 0 Å². The SMILES string of the molecule is Cc1nc(C)n(CC(N)c2ccccc2)n1. The highest BCUT2D eigenvalue weighted by Gasteiger charge is 2.09. The zero-order valence-electron chi connectivity index (χ0n) is 9.59. The number of rotatable bonds is 3. The fourth-order valence-corrected chi connectivity index (χ4v) is 1.73. The molecule has 0 aliphatic heterocycles. The Morgan fingerprint density at radius 2 is 1.94 bits per heavy atom. The molecule has 0 spiro atoms. The first-order valence-corrected chi connectivity index (χ1v) is 5.35. The van der Waals surface area contributed by atoms with Gasteiger partial charge in [0.1, 0.15) is 11.6 Å². The molecule has 4 heteroatoms. The summed E-state index contributed by atoms with van der Waals surface area (Å²) >= 11 is 0. The van der Waals surface area contributed by atoms with Crippen molar-refractivity contribution in [3.8, 4) is 0 Å². The third-order valence-electron chi connectivity index (χ3n) is 2.56. The molecular formula is C12H16N4. The summed E-state index contributed by atoms with van der Waals surface area (Å²) in [6.07, 6.45) is 0. The molecule has 0 bridgehead atoms. The molecule has 2 rings (SSSR count). The molecule has 16 heavy (non-hydrogen) atoms. The maximum Gasteiger partial charge on any atom is 0.147 e. The van der Waals surface area contributed by atoms with Crippen molar-refractivity contribution >= 4 is 0 Å². The summed E-state index contributed by atoms with van der Waals surface area (Å²) in [7, 11) is 0. The first-order chi connectivity index (χ1) is 7.66. The highest BCUT2D eigenvalue weighted by atomic mass is 15.3. The van der Waals surface area contributed by atoms with Crippen LogP contribution in [0.4, 0.5) is 0 Å². The molecule has 1 unspecified atom stereocenters. The summed E-state index contributed by atoms with van der Waals surface area (Å²) in [5.41, 5.74) is 7.24. The highest BCUT2D eigenvalue weighted by Crippen LogP contribution is 2.12. The normalized spacial score (nSPS) is 12.7. The third kappa shape index (κ3) is 2.28. The number of nitrogens with zero attached hydrogens (tertiary/aromatic N) is 3. The molecule has 0 aliphatic rings. The van der Waals surface area contributed by atoms with Crippen molar-refractivity contribution in [2.75, 3.05) is 0 Å². The summed E-state index contributed by atoms with van der Waals surface area (Å²) in [5.74, 6) is 1.70. The monoisotopic (exact) mass is 216 g/mol. The molecule has 2 N–H and O–H groups in total. The predicted molar refractivity (Wildman–Crippen MR) is 62.9 cm³/mol. The molecule has 4 nitrogen and oxygen atoms in total. The molecule has 0 saturated carbocycles. The Balaban J connectivity index is 2.14. The lowest BCUT2D eigenvalue weighted by Crippen LogP contribution is -2.19. The second kappa shape index (κ2) is 4.45. The Morgan fingerprint density at radius 1 is 1.25 bits per heavy atom. The van der Waals surface area contributed by atoms with E-state index in [4.69, 9.17) is 5.73 Å². The van der Waals surface area contributed by atoms with Crippen LogP contribution >= 0.6 is 0 Å². The Kier molecular flexibility index (Phi) is 3.01. The van der Waals surface area contributed by atoms with Crippen molar-refractivity contribution in [1.82, 2.24) is 14.8 Å². The zero-order chi connectivity index (χ0) is 11.5. The van der Waals surface area contributed by atoms with Gasteiger partial charge in [0, 0.05) is 6.04 Å². The minimum absolute atomic E-state index is 0.0407. The quantitative estimate of drug-likeness (QED) is 0.847. The maximum atomic E-state index is 6.12. The lowest BCUT2D eigenvalue weighted by molar-refractivity contribution is 0.513. The largest absolute Gasteiger partial charge is 0.322 e. The van der Waals surface area contributed by atoms with Gasteiger partial charge in [0.25, 0.3) is 0 Å². The average molecular weight is 216 g/mol. The van der Waals surface area contributed by atoms with Crippen molar-refractivity contribution in [2.24, 2.45) is 5.73 Å². The van der Waals surface area contributed by atoms with Crippen molar-refractivity contribution in [3.63, 3.8) is 0 Å². The number of nitrogens with two attached hydrogens (primary N) is 1. The van der Waals surface area contributed by atoms with Gasteiger partial charge in [-0.2, -0.15) is 5.10 Å². The van der Waals surface area contributed by atoms with E-state index in [2.05, 4.69) is 10.1 Å². The minimum atomic E-state index is -0.0407. The van der Waals surface area contributed by atoms with Gasteiger partial charge >= 0.3 is 0 Å². The van der Waals surface area contributed by atoms with Crippen LogP contribution in [0.15, 0.2) is 30.3 Å². The molecule has 0 amide bonds. The molecule has 1 heterocycles. The van der Waals surface area contributed by atoms with Crippen LogP contribution in [0.3, 0.4) is 0 Å². The van der Waals surface area contributed by atoms with E-state index < -0.39 is 0 Å². The summed E-state index contributed by atoms with van der Waals surface area (Å²) in [4.78, 5) is 4.25. The standard InChI is InChI=1S/C12H16N4/c1-9-14-10(2)16(15-9)8-12(13)11-6-4-3-5-7-11/h3-7,12H,8,13H2,1-2H3. The molecule has 0 fully saturated rings. The average Bonchev–Trinajstić information content (AvgIpc) is 2.59. The highest BCUT2D eigenvalue weighted by molar-refractivity contribution is 5.18. The van der Waals surface area contributed by atoms with E-state index in [1.54, 1.807) is 0 Å². The van der Waals surface area contributed by atoms with Gasteiger partial charge in [-0.1, -0.05) is 30.3 Å². The van der Waals surface area contributed by atoms with E-state index in [0.29, 0.717) is 6.54 Å². The third-order valence-corrected chi connectivity index (χ3v) is 2.56. The van der Waals surface area contributed by atoms with Crippen LogP contribution in [0.1, 0.15) is 23.3 Å². The van der Waals surface area contributed by atoms with Gasteiger partial charge in [-0.3, -0.25) is 0 Å². The van der Waals surface area contributed by atoms with Crippen molar-refractivity contribution < 1.29 is 0 Å². The van der Waals surface area contributed by atoms with E-state index in [-0.39, 0.29) is 6.04 Å². The number of aromatic nitrogens is 3. The summed E-state index contributed by atoms with van der Waals surface area (Å²) in [6.45, 7) is 4.49. The van der Waals surface area contributed by atoms with E-state index in [1.807, 2.05) is 48.9 Å². The maximum absolute atomic E-state index is 6.12. The van der Waals surface area contributed by atoms with Crippen molar-refractivity contribution in [1.29, 1.82) is 0 Å². The van der Waals surface area contributed by atoms with E-state index >= 15 is 0 Å². The Hall–Kier alpha value is -1.68. The fraction of sp³-hybridized carbons (Fsp3) is 0.333. The van der Waals surface area contributed by atoms with Crippen LogP contribution in [0.2, 0.25) is 0 Å². The van der Waals surface area contributed by atoms with Crippen LogP contribution in [-0.4, -0.2) is 14.8 Å². The van der Waals surface area contributed by atoms with Crippen molar-refractivity contribution in [3.05, 3.63) is 47.5 Å². The molecule has 0 saturated heterocycles. The summed E-state index contributed by atoms with van der Waals surface area (Å²) in [5, 5.41) is 4.30. The lowest BCUT2D eigenvalue weighted by Gasteiger charge is -2.12. The minimum Gasteiger partial charge on any atom is -0.322 e. The van der Waals surface area contributed by atoms with Crippen LogP contribution in [0.25, 0.3) is 0 Å². The molecule has 1 atom stereocenters. The first kappa shape index (κ1) is 10.8.